The van der Waals surface area contributed by atoms with E-state index in [4.69, 9.17) is 18.6 Å². The van der Waals surface area contributed by atoms with Gasteiger partial charge in [-0.1, -0.05) is 37.3 Å². The molecule has 154 valence electrons. The van der Waals surface area contributed by atoms with Crippen molar-refractivity contribution in [3.63, 3.8) is 0 Å². The lowest BCUT2D eigenvalue weighted by Crippen LogP contribution is -2.14. The minimum atomic E-state index is -0.536. The van der Waals surface area contributed by atoms with Gasteiger partial charge in [-0.3, -0.25) is 0 Å². The molecule has 1 atom stereocenters. The molecule has 6 nitrogen and oxygen atoms in total. The van der Waals surface area contributed by atoms with Crippen LogP contribution in [0, 0.1) is 0 Å². The van der Waals surface area contributed by atoms with Gasteiger partial charge in [0.05, 0.1) is 30.8 Å². The van der Waals surface area contributed by atoms with Crippen molar-refractivity contribution in [1.82, 2.24) is 0 Å². The SMILES string of the molecule is CCC(c1ccccc1)c1c(O)c2ccc(OCCOCCOC)cc2oc1=O. The fraction of sp³-hybridized carbons (Fsp3) is 0.348. The van der Waals surface area contributed by atoms with Gasteiger partial charge in [0.2, 0.25) is 0 Å². The Morgan fingerprint density at radius 1 is 1.03 bits per heavy atom. The Morgan fingerprint density at radius 2 is 1.79 bits per heavy atom. The molecule has 0 bridgehead atoms. The van der Waals surface area contributed by atoms with Crippen LogP contribution in [-0.2, 0) is 9.47 Å². The fourth-order valence-electron chi connectivity index (χ4n) is 3.33. The minimum Gasteiger partial charge on any atom is -0.507 e. The first kappa shape index (κ1) is 20.9. The molecular weight excluding hydrogens is 372 g/mol. The molecule has 1 N–H and O–H groups in total. The highest BCUT2D eigenvalue weighted by atomic mass is 16.5. The van der Waals surface area contributed by atoms with Crippen LogP contribution >= 0.6 is 0 Å². The van der Waals surface area contributed by atoms with Gasteiger partial charge in [-0.25, -0.2) is 4.79 Å². The highest BCUT2D eigenvalue weighted by Gasteiger charge is 2.23. The lowest BCUT2D eigenvalue weighted by atomic mass is 9.89. The van der Waals surface area contributed by atoms with Gasteiger partial charge in [0.25, 0.3) is 0 Å². The van der Waals surface area contributed by atoms with Crippen molar-refractivity contribution in [3.05, 3.63) is 70.1 Å². The third kappa shape index (κ3) is 4.96. The van der Waals surface area contributed by atoms with Crippen molar-refractivity contribution in [3.8, 4) is 11.5 Å². The molecule has 0 aliphatic heterocycles. The number of aromatic hydroxyl groups is 1. The molecule has 1 aromatic heterocycles. The van der Waals surface area contributed by atoms with E-state index in [1.54, 1.807) is 25.3 Å². The summed E-state index contributed by atoms with van der Waals surface area (Å²) >= 11 is 0. The van der Waals surface area contributed by atoms with Crippen LogP contribution in [0.1, 0.15) is 30.4 Å². The molecule has 1 unspecified atom stereocenters. The van der Waals surface area contributed by atoms with Crippen LogP contribution < -0.4 is 10.4 Å². The van der Waals surface area contributed by atoms with Gasteiger partial charge in [0.15, 0.2) is 0 Å². The highest BCUT2D eigenvalue weighted by molar-refractivity contribution is 5.85. The van der Waals surface area contributed by atoms with E-state index in [9.17, 15) is 9.90 Å². The van der Waals surface area contributed by atoms with E-state index in [0.29, 0.717) is 44.0 Å². The molecule has 0 radical (unpaired) electrons. The van der Waals surface area contributed by atoms with E-state index in [2.05, 4.69) is 0 Å². The number of rotatable bonds is 10. The van der Waals surface area contributed by atoms with E-state index in [1.807, 2.05) is 37.3 Å². The van der Waals surface area contributed by atoms with Crippen LogP contribution in [0.25, 0.3) is 11.0 Å². The zero-order valence-electron chi connectivity index (χ0n) is 16.7. The Bertz CT molecular complexity index is 980. The minimum absolute atomic E-state index is 0.0404. The van der Waals surface area contributed by atoms with Crippen molar-refractivity contribution in [2.75, 3.05) is 33.5 Å². The zero-order valence-corrected chi connectivity index (χ0v) is 16.7. The Kier molecular flexibility index (Phi) is 7.27. The molecular formula is C23H26O6. The summed E-state index contributed by atoms with van der Waals surface area (Å²) in [6.07, 6.45) is 0.665. The van der Waals surface area contributed by atoms with E-state index in [0.717, 1.165) is 5.56 Å². The average Bonchev–Trinajstić information content (AvgIpc) is 2.74. The molecule has 0 fully saturated rings. The molecule has 1 heterocycles. The summed E-state index contributed by atoms with van der Waals surface area (Å²) in [7, 11) is 1.62. The molecule has 0 aliphatic carbocycles. The van der Waals surface area contributed by atoms with Crippen LogP contribution in [0.5, 0.6) is 11.5 Å². The molecule has 3 rings (SSSR count). The van der Waals surface area contributed by atoms with Crippen molar-refractivity contribution in [2.45, 2.75) is 19.3 Å². The van der Waals surface area contributed by atoms with Crippen molar-refractivity contribution in [2.24, 2.45) is 0 Å². The van der Waals surface area contributed by atoms with Gasteiger partial charge < -0.3 is 23.7 Å². The summed E-state index contributed by atoms with van der Waals surface area (Å²) in [6.45, 7) is 3.79. The summed E-state index contributed by atoms with van der Waals surface area (Å²) in [6, 6.07) is 14.7. The third-order valence-electron chi connectivity index (χ3n) is 4.77. The highest BCUT2D eigenvalue weighted by Crippen LogP contribution is 2.36. The van der Waals surface area contributed by atoms with Gasteiger partial charge >= 0.3 is 5.63 Å². The quantitative estimate of drug-likeness (QED) is 0.410. The van der Waals surface area contributed by atoms with Crippen LogP contribution in [-0.4, -0.2) is 38.6 Å². The summed E-state index contributed by atoms with van der Waals surface area (Å²) in [4.78, 5) is 12.7. The number of benzene rings is 2. The second kappa shape index (κ2) is 10.1. The van der Waals surface area contributed by atoms with E-state index in [-0.39, 0.29) is 22.8 Å². The molecule has 0 saturated carbocycles. The van der Waals surface area contributed by atoms with E-state index >= 15 is 0 Å². The number of hydrogen-bond acceptors (Lipinski definition) is 6. The van der Waals surface area contributed by atoms with Gasteiger partial charge in [-0.2, -0.15) is 0 Å². The van der Waals surface area contributed by atoms with E-state index in [1.165, 1.54) is 0 Å². The van der Waals surface area contributed by atoms with Crippen LogP contribution in [0.3, 0.4) is 0 Å². The van der Waals surface area contributed by atoms with Crippen molar-refractivity contribution < 1.29 is 23.7 Å². The van der Waals surface area contributed by atoms with Gasteiger partial charge in [-0.05, 0) is 24.1 Å². The van der Waals surface area contributed by atoms with Gasteiger partial charge in [-0.15, -0.1) is 0 Å². The normalized spacial score (nSPS) is 12.2. The first-order chi connectivity index (χ1) is 14.2. The summed E-state index contributed by atoms with van der Waals surface area (Å²) in [5.74, 6) is 0.261. The molecule has 0 saturated heterocycles. The maximum atomic E-state index is 12.7. The Balaban J connectivity index is 1.83. The number of hydrogen-bond donors (Lipinski definition) is 1. The standard InChI is InChI=1S/C23H26O6/c1-3-18(16-7-5-4-6-8-16)21-22(24)19-10-9-17(15-20(19)29-23(21)25)28-14-13-27-12-11-26-2/h4-10,15,18,24H,3,11-14H2,1-2H3. The maximum absolute atomic E-state index is 12.7. The third-order valence-corrected chi connectivity index (χ3v) is 4.77. The molecule has 0 spiro atoms. The predicted octanol–water partition coefficient (Wildman–Crippen LogP) is 4.08. The molecule has 2 aromatic carbocycles. The number of fused-ring (bicyclic) bond motifs is 1. The lowest BCUT2D eigenvalue weighted by molar-refractivity contribution is 0.0544. The summed E-state index contributed by atoms with van der Waals surface area (Å²) in [5, 5.41) is 11.3. The first-order valence-electron chi connectivity index (χ1n) is 9.69. The van der Waals surface area contributed by atoms with Crippen molar-refractivity contribution in [1.29, 1.82) is 0 Å². The van der Waals surface area contributed by atoms with Gasteiger partial charge in [0.1, 0.15) is 23.7 Å². The Hall–Kier alpha value is -2.83. The van der Waals surface area contributed by atoms with Crippen molar-refractivity contribution >= 4 is 11.0 Å². The monoisotopic (exact) mass is 398 g/mol. The van der Waals surface area contributed by atoms with Crippen LogP contribution in [0.2, 0.25) is 0 Å². The zero-order chi connectivity index (χ0) is 20.6. The Labute approximate surface area is 169 Å². The fourth-order valence-corrected chi connectivity index (χ4v) is 3.33. The number of methoxy groups -OCH3 is 1. The lowest BCUT2D eigenvalue weighted by Gasteiger charge is -2.17. The van der Waals surface area contributed by atoms with Crippen LogP contribution in [0.4, 0.5) is 0 Å². The van der Waals surface area contributed by atoms with Crippen LogP contribution in [0.15, 0.2) is 57.7 Å². The second-order valence-electron chi connectivity index (χ2n) is 6.63. The summed E-state index contributed by atoms with van der Waals surface area (Å²) < 4.78 is 21.4. The molecule has 0 aliphatic rings. The Morgan fingerprint density at radius 3 is 2.52 bits per heavy atom. The van der Waals surface area contributed by atoms with Gasteiger partial charge in [0, 0.05) is 19.1 Å². The average molecular weight is 398 g/mol. The number of ether oxygens (including phenoxy) is 3. The molecule has 3 aromatic rings. The molecule has 0 amide bonds. The van der Waals surface area contributed by atoms with E-state index < -0.39 is 5.63 Å². The molecule has 29 heavy (non-hydrogen) atoms. The topological polar surface area (TPSA) is 78.1 Å². The maximum Gasteiger partial charge on any atom is 0.343 e. The second-order valence-corrected chi connectivity index (χ2v) is 6.63. The smallest absolute Gasteiger partial charge is 0.343 e. The largest absolute Gasteiger partial charge is 0.507 e. The predicted molar refractivity (Wildman–Crippen MR) is 111 cm³/mol. The first-order valence-corrected chi connectivity index (χ1v) is 9.69. The molecule has 6 heteroatoms. The summed E-state index contributed by atoms with van der Waals surface area (Å²) in [5.41, 5.74) is 1.000.